The van der Waals surface area contributed by atoms with E-state index in [1.165, 1.54) is 23.5 Å². The van der Waals surface area contributed by atoms with Gasteiger partial charge in [0.05, 0.1) is 7.11 Å². The molecular formula is C20H25N3O4S. The third kappa shape index (κ3) is 4.69. The molecule has 1 aliphatic heterocycles. The summed E-state index contributed by atoms with van der Waals surface area (Å²) in [6.45, 7) is 1.31. The number of nitrogens with one attached hydrogen (secondary N) is 1. The Labute approximate surface area is 165 Å². The van der Waals surface area contributed by atoms with Gasteiger partial charge in [-0.05, 0) is 48.7 Å². The molecule has 0 unspecified atom stereocenters. The Morgan fingerprint density at radius 2 is 1.79 bits per heavy atom. The van der Waals surface area contributed by atoms with Crippen molar-refractivity contribution in [2.75, 3.05) is 20.2 Å². The number of sulfonamides is 1. The Morgan fingerprint density at radius 1 is 1.11 bits per heavy atom. The maximum atomic E-state index is 13.2. The highest BCUT2D eigenvalue weighted by molar-refractivity contribution is 7.89. The second kappa shape index (κ2) is 9.16. The minimum absolute atomic E-state index is 0.0356. The summed E-state index contributed by atoms with van der Waals surface area (Å²) in [4.78, 5) is 16.5. The zero-order valence-electron chi connectivity index (χ0n) is 15.9. The number of pyridine rings is 1. The van der Waals surface area contributed by atoms with Crippen LogP contribution in [-0.4, -0.2) is 43.8 Å². The number of amides is 1. The fraction of sp³-hybridized carbons (Fsp3) is 0.400. The van der Waals surface area contributed by atoms with Gasteiger partial charge in [0.15, 0.2) is 0 Å². The molecule has 2 aromatic rings. The average Bonchev–Trinajstić information content (AvgIpc) is 3.02. The molecule has 3 rings (SSSR count). The van der Waals surface area contributed by atoms with Gasteiger partial charge in [0.1, 0.15) is 10.6 Å². The first kappa shape index (κ1) is 20.3. The minimum atomic E-state index is -3.73. The molecule has 7 nitrogen and oxygen atoms in total. The van der Waals surface area contributed by atoms with Crippen LogP contribution < -0.4 is 10.1 Å². The predicted octanol–water partition coefficient (Wildman–Crippen LogP) is 2.58. The summed E-state index contributed by atoms with van der Waals surface area (Å²) >= 11 is 0. The number of methoxy groups -OCH3 is 1. The second-order valence-electron chi connectivity index (χ2n) is 6.72. The van der Waals surface area contributed by atoms with Crippen LogP contribution in [0, 0.1) is 0 Å². The van der Waals surface area contributed by atoms with Gasteiger partial charge in [-0.15, -0.1) is 0 Å². The number of ether oxygens (including phenoxy) is 1. The van der Waals surface area contributed by atoms with Crippen LogP contribution >= 0.6 is 0 Å². The molecule has 1 aromatic carbocycles. The van der Waals surface area contributed by atoms with Crippen molar-refractivity contribution in [2.45, 2.75) is 37.1 Å². The topological polar surface area (TPSA) is 88.6 Å². The molecule has 0 bridgehead atoms. The molecule has 1 fully saturated rings. The van der Waals surface area contributed by atoms with E-state index in [9.17, 15) is 13.2 Å². The number of aromatic nitrogens is 1. The number of hydrogen-bond donors (Lipinski definition) is 1. The molecule has 28 heavy (non-hydrogen) atoms. The van der Waals surface area contributed by atoms with Gasteiger partial charge in [-0.1, -0.05) is 12.8 Å². The van der Waals surface area contributed by atoms with Crippen molar-refractivity contribution in [1.29, 1.82) is 0 Å². The highest BCUT2D eigenvalue weighted by atomic mass is 32.2. The predicted molar refractivity (Wildman–Crippen MR) is 106 cm³/mol. The molecule has 0 saturated carbocycles. The van der Waals surface area contributed by atoms with Crippen molar-refractivity contribution in [3.05, 3.63) is 53.9 Å². The minimum Gasteiger partial charge on any atom is -0.495 e. The number of carbonyl (C=O) groups excluding carboxylic acids is 1. The van der Waals surface area contributed by atoms with Crippen LogP contribution in [0.4, 0.5) is 0 Å². The lowest BCUT2D eigenvalue weighted by molar-refractivity contribution is 0.0950. The number of carbonyl (C=O) groups is 1. The third-order valence-corrected chi connectivity index (χ3v) is 6.73. The van der Waals surface area contributed by atoms with Gasteiger partial charge in [0, 0.05) is 37.6 Å². The van der Waals surface area contributed by atoms with Gasteiger partial charge in [0.25, 0.3) is 5.91 Å². The van der Waals surface area contributed by atoms with E-state index in [4.69, 9.17) is 4.74 Å². The molecule has 1 aromatic heterocycles. The Kier molecular flexibility index (Phi) is 6.64. The quantitative estimate of drug-likeness (QED) is 0.801. The molecule has 1 N–H and O–H groups in total. The first-order valence-corrected chi connectivity index (χ1v) is 10.8. The zero-order valence-corrected chi connectivity index (χ0v) is 16.7. The largest absolute Gasteiger partial charge is 0.495 e. The highest BCUT2D eigenvalue weighted by Gasteiger charge is 2.29. The Hall–Kier alpha value is -2.45. The Balaban J connectivity index is 1.83. The lowest BCUT2D eigenvalue weighted by atomic mass is 10.2. The number of hydrogen-bond acceptors (Lipinski definition) is 5. The standard InChI is InChI=1S/C20H25N3O4S/c1-27-18-7-6-17(20(24)22-15-16-8-10-21-11-9-16)14-19(18)28(25,26)23-12-4-2-3-5-13-23/h6-11,14H,2-5,12-13,15H2,1H3,(H,22,24). The molecule has 0 aliphatic carbocycles. The van der Waals surface area contributed by atoms with Crippen LogP contribution in [0.1, 0.15) is 41.6 Å². The van der Waals surface area contributed by atoms with Crippen LogP contribution in [0.2, 0.25) is 0 Å². The first-order valence-electron chi connectivity index (χ1n) is 9.37. The van der Waals surface area contributed by atoms with E-state index in [1.54, 1.807) is 18.5 Å². The van der Waals surface area contributed by atoms with Crippen LogP contribution in [-0.2, 0) is 16.6 Å². The summed E-state index contributed by atoms with van der Waals surface area (Å²) in [6.07, 6.45) is 7.05. The number of rotatable bonds is 6. The van der Waals surface area contributed by atoms with E-state index in [1.807, 2.05) is 12.1 Å². The summed E-state index contributed by atoms with van der Waals surface area (Å²) in [7, 11) is -2.30. The van der Waals surface area contributed by atoms with Crippen molar-refractivity contribution < 1.29 is 17.9 Å². The van der Waals surface area contributed by atoms with Crippen molar-refractivity contribution in [3.8, 4) is 5.75 Å². The van der Waals surface area contributed by atoms with Gasteiger partial charge in [-0.3, -0.25) is 9.78 Å². The summed E-state index contributed by atoms with van der Waals surface area (Å²) in [5.41, 5.74) is 1.19. The smallest absolute Gasteiger partial charge is 0.251 e. The van der Waals surface area contributed by atoms with Gasteiger partial charge in [-0.2, -0.15) is 4.31 Å². The van der Waals surface area contributed by atoms with Gasteiger partial charge >= 0.3 is 0 Å². The molecular weight excluding hydrogens is 378 g/mol. The van der Waals surface area contributed by atoms with Crippen molar-refractivity contribution in [3.63, 3.8) is 0 Å². The Bertz CT molecular complexity index is 908. The summed E-state index contributed by atoms with van der Waals surface area (Å²) in [6, 6.07) is 8.13. The molecule has 8 heteroatoms. The van der Waals surface area contributed by atoms with Crippen molar-refractivity contribution in [1.82, 2.24) is 14.6 Å². The van der Waals surface area contributed by atoms with Gasteiger partial charge in [0.2, 0.25) is 10.0 Å². The van der Waals surface area contributed by atoms with Gasteiger partial charge in [-0.25, -0.2) is 8.42 Å². The third-order valence-electron chi connectivity index (χ3n) is 4.81. The van der Waals surface area contributed by atoms with Crippen LogP contribution in [0.5, 0.6) is 5.75 Å². The zero-order chi connectivity index (χ0) is 20.0. The van der Waals surface area contributed by atoms with E-state index in [-0.39, 0.29) is 22.1 Å². The van der Waals surface area contributed by atoms with E-state index < -0.39 is 10.0 Å². The fourth-order valence-corrected chi connectivity index (χ4v) is 4.92. The lowest BCUT2D eigenvalue weighted by Crippen LogP contribution is -2.32. The molecule has 1 aliphatic rings. The number of benzene rings is 1. The lowest BCUT2D eigenvalue weighted by Gasteiger charge is -2.21. The van der Waals surface area contributed by atoms with Crippen molar-refractivity contribution in [2.24, 2.45) is 0 Å². The van der Waals surface area contributed by atoms with Crippen molar-refractivity contribution >= 4 is 15.9 Å². The summed E-state index contributed by atoms with van der Waals surface area (Å²) in [5, 5.41) is 2.80. The first-order chi connectivity index (χ1) is 13.5. The maximum Gasteiger partial charge on any atom is 0.251 e. The molecule has 0 spiro atoms. The second-order valence-corrected chi connectivity index (χ2v) is 8.63. The summed E-state index contributed by atoms with van der Waals surface area (Å²) < 4.78 is 33.1. The molecule has 1 saturated heterocycles. The van der Waals surface area contributed by atoms with E-state index in [0.29, 0.717) is 19.6 Å². The van der Waals surface area contributed by atoms with Crippen LogP contribution in [0.15, 0.2) is 47.6 Å². The number of nitrogens with zero attached hydrogens (tertiary/aromatic N) is 2. The molecule has 150 valence electrons. The van der Waals surface area contributed by atoms with Gasteiger partial charge < -0.3 is 10.1 Å². The van der Waals surface area contributed by atoms with E-state index in [2.05, 4.69) is 10.3 Å². The van der Waals surface area contributed by atoms with E-state index >= 15 is 0 Å². The molecule has 1 amide bonds. The highest BCUT2D eigenvalue weighted by Crippen LogP contribution is 2.29. The van der Waals surface area contributed by atoms with E-state index in [0.717, 1.165) is 31.2 Å². The SMILES string of the molecule is COc1ccc(C(=O)NCc2ccncc2)cc1S(=O)(=O)N1CCCCCC1. The average molecular weight is 404 g/mol. The van der Waals surface area contributed by atoms with Crippen LogP contribution in [0.25, 0.3) is 0 Å². The summed E-state index contributed by atoms with van der Waals surface area (Å²) in [5.74, 6) is -0.0956. The Morgan fingerprint density at radius 3 is 2.43 bits per heavy atom. The molecule has 0 radical (unpaired) electrons. The van der Waals surface area contributed by atoms with Crippen LogP contribution in [0.3, 0.4) is 0 Å². The monoisotopic (exact) mass is 403 g/mol. The molecule has 2 heterocycles. The maximum absolute atomic E-state index is 13.2. The molecule has 0 atom stereocenters. The normalized spacial score (nSPS) is 15.6. The fourth-order valence-electron chi connectivity index (χ4n) is 3.23.